The smallest absolute Gasteiger partial charge is 0.326 e. The largest absolute Gasteiger partial charge is 0.480 e. The number of amides is 1. The monoisotopic (exact) mass is 434 g/mol. The average molecular weight is 435 g/mol. The molecule has 1 heterocycles. The molecule has 0 radical (unpaired) electrons. The van der Waals surface area contributed by atoms with Crippen molar-refractivity contribution in [3.63, 3.8) is 0 Å². The molecule has 6 nitrogen and oxygen atoms in total. The van der Waals surface area contributed by atoms with Gasteiger partial charge in [0.2, 0.25) is 5.91 Å². The summed E-state index contributed by atoms with van der Waals surface area (Å²) in [7, 11) is 0. The highest BCUT2D eigenvalue weighted by Crippen LogP contribution is 2.19. The van der Waals surface area contributed by atoms with Crippen LogP contribution in [0, 0.1) is 0 Å². The Morgan fingerprint density at radius 2 is 1.62 bits per heavy atom. The van der Waals surface area contributed by atoms with Crippen LogP contribution in [0.3, 0.4) is 0 Å². The number of aryl methyl sites for hydroxylation is 1. The fraction of sp³-hybridized carbons (Fsp3) is 0.346. The topological polar surface area (TPSA) is 99.3 Å². The molecular formula is C26H30N2O4. The van der Waals surface area contributed by atoms with Crippen molar-refractivity contribution in [2.24, 2.45) is 0 Å². The minimum absolute atomic E-state index is 0.0144. The highest BCUT2D eigenvalue weighted by molar-refractivity contribution is 5.88. The zero-order chi connectivity index (χ0) is 22.8. The van der Waals surface area contributed by atoms with Crippen LogP contribution in [-0.4, -0.2) is 33.8 Å². The Morgan fingerprint density at radius 1 is 0.875 bits per heavy atom. The molecule has 2 aromatic carbocycles. The van der Waals surface area contributed by atoms with Gasteiger partial charge in [0, 0.05) is 42.8 Å². The van der Waals surface area contributed by atoms with Gasteiger partial charge in [-0.2, -0.15) is 0 Å². The minimum Gasteiger partial charge on any atom is -0.480 e. The SMILES string of the molecule is O=C(CCCCCc1ccccc1)CCC(=O)NC(Cc1c[nH]c2ccccc12)C(=O)O. The van der Waals surface area contributed by atoms with Crippen molar-refractivity contribution in [1.82, 2.24) is 10.3 Å². The molecule has 0 aliphatic heterocycles. The standard InChI is InChI=1S/C26H30N2O4/c29-21(12-6-2-5-11-19-9-3-1-4-10-19)15-16-25(30)28-24(26(31)32)17-20-18-27-23-14-8-7-13-22(20)23/h1,3-4,7-10,13-14,18,24,27H,2,5-6,11-12,15-17H2,(H,28,30)(H,31,32). The van der Waals surface area contributed by atoms with Crippen LogP contribution in [0.4, 0.5) is 0 Å². The van der Waals surface area contributed by atoms with E-state index >= 15 is 0 Å². The van der Waals surface area contributed by atoms with E-state index in [1.807, 2.05) is 42.5 Å². The summed E-state index contributed by atoms with van der Waals surface area (Å²) in [5, 5.41) is 13.0. The zero-order valence-corrected chi connectivity index (χ0v) is 18.2. The third kappa shape index (κ3) is 7.08. The third-order valence-electron chi connectivity index (χ3n) is 5.63. The van der Waals surface area contributed by atoms with Gasteiger partial charge in [0.15, 0.2) is 0 Å². The summed E-state index contributed by atoms with van der Waals surface area (Å²) in [6, 6.07) is 16.9. The molecule has 0 fully saturated rings. The van der Waals surface area contributed by atoms with Gasteiger partial charge in [-0.3, -0.25) is 9.59 Å². The number of carboxylic acid groups (broad SMARTS) is 1. The Kier molecular flexibility index (Phi) is 8.61. The molecule has 1 unspecified atom stereocenters. The summed E-state index contributed by atoms with van der Waals surface area (Å²) in [5.74, 6) is -1.45. The molecule has 3 rings (SSSR count). The first-order chi connectivity index (χ1) is 15.5. The number of nitrogens with one attached hydrogen (secondary N) is 2. The van der Waals surface area contributed by atoms with E-state index in [0.29, 0.717) is 6.42 Å². The van der Waals surface area contributed by atoms with E-state index in [0.717, 1.165) is 42.1 Å². The molecule has 0 aliphatic carbocycles. The van der Waals surface area contributed by atoms with E-state index in [2.05, 4.69) is 22.4 Å². The number of carbonyl (C=O) groups excluding carboxylic acids is 2. The fourth-order valence-corrected chi connectivity index (χ4v) is 3.84. The van der Waals surface area contributed by atoms with Crippen molar-refractivity contribution in [2.75, 3.05) is 0 Å². The number of aliphatic carboxylic acids is 1. The molecule has 3 N–H and O–H groups in total. The first-order valence-electron chi connectivity index (χ1n) is 11.2. The molecule has 0 spiro atoms. The van der Waals surface area contributed by atoms with E-state index in [4.69, 9.17) is 0 Å². The molecule has 0 saturated carbocycles. The van der Waals surface area contributed by atoms with Gasteiger partial charge >= 0.3 is 5.97 Å². The Hall–Kier alpha value is -3.41. The normalized spacial score (nSPS) is 11.9. The van der Waals surface area contributed by atoms with Crippen LogP contribution in [0.2, 0.25) is 0 Å². The predicted molar refractivity (Wildman–Crippen MR) is 124 cm³/mol. The Bertz CT molecular complexity index is 1040. The third-order valence-corrected chi connectivity index (χ3v) is 5.63. The van der Waals surface area contributed by atoms with Crippen LogP contribution < -0.4 is 5.32 Å². The molecule has 3 aromatic rings. The van der Waals surface area contributed by atoms with Gasteiger partial charge < -0.3 is 15.4 Å². The number of aromatic nitrogens is 1. The summed E-state index contributed by atoms with van der Waals surface area (Å²) in [4.78, 5) is 39.1. The second-order valence-electron chi connectivity index (χ2n) is 8.11. The van der Waals surface area contributed by atoms with E-state index in [-0.39, 0.29) is 25.0 Å². The number of carbonyl (C=O) groups is 3. The van der Waals surface area contributed by atoms with Crippen molar-refractivity contribution in [3.8, 4) is 0 Å². The molecule has 168 valence electrons. The molecular weight excluding hydrogens is 404 g/mol. The lowest BCUT2D eigenvalue weighted by Crippen LogP contribution is -2.42. The highest BCUT2D eigenvalue weighted by Gasteiger charge is 2.22. The first kappa shape index (κ1) is 23.3. The lowest BCUT2D eigenvalue weighted by molar-refractivity contribution is -0.141. The molecule has 6 heteroatoms. The summed E-state index contributed by atoms with van der Waals surface area (Å²) in [5.41, 5.74) is 3.06. The number of benzene rings is 2. The van der Waals surface area contributed by atoms with Crippen molar-refractivity contribution < 1.29 is 19.5 Å². The summed E-state index contributed by atoms with van der Waals surface area (Å²) < 4.78 is 0. The van der Waals surface area contributed by atoms with Gasteiger partial charge in [0.05, 0.1) is 0 Å². The molecule has 1 aromatic heterocycles. The number of Topliss-reactive ketones (excluding diaryl/α,β-unsaturated/α-hetero) is 1. The van der Waals surface area contributed by atoms with E-state index in [1.54, 1.807) is 6.20 Å². The number of carboxylic acids is 1. The van der Waals surface area contributed by atoms with Gasteiger partial charge in [0.1, 0.15) is 11.8 Å². The van der Waals surface area contributed by atoms with Gasteiger partial charge in [-0.1, -0.05) is 55.0 Å². The van der Waals surface area contributed by atoms with Crippen molar-refractivity contribution in [3.05, 3.63) is 71.9 Å². The maximum atomic E-state index is 12.3. The van der Waals surface area contributed by atoms with Crippen LogP contribution in [0.1, 0.15) is 49.7 Å². The maximum absolute atomic E-state index is 12.3. The van der Waals surface area contributed by atoms with Crippen molar-refractivity contribution in [1.29, 1.82) is 0 Å². The van der Waals surface area contributed by atoms with Crippen molar-refractivity contribution in [2.45, 2.75) is 57.4 Å². The molecule has 32 heavy (non-hydrogen) atoms. The number of rotatable bonds is 13. The Morgan fingerprint density at radius 3 is 2.41 bits per heavy atom. The van der Waals surface area contributed by atoms with Crippen LogP contribution in [-0.2, 0) is 27.2 Å². The quantitative estimate of drug-likeness (QED) is 0.347. The number of hydrogen-bond donors (Lipinski definition) is 3. The van der Waals surface area contributed by atoms with Gasteiger partial charge in [-0.05, 0) is 36.5 Å². The van der Waals surface area contributed by atoms with E-state index < -0.39 is 17.9 Å². The molecule has 0 bridgehead atoms. The number of ketones is 1. The summed E-state index contributed by atoms with van der Waals surface area (Å²) in [6.07, 6.45) is 6.39. The van der Waals surface area contributed by atoms with Crippen LogP contribution in [0.15, 0.2) is 60.8 Å². The maximum Gasteiger partial charge on any atom is 0.326 e. The lowest BCUT2D eigenvalue weighted by atomic mass is 10.0. The Balaban J connectivity index is 1.36. The molecule has 0 aliphatic rings. The second-order valence-corrected chi connectivity index (χ2v) is 8.11. The molecule has 1 atom stereocenters. The molecule has 1 amide bonds. The fourth-order valence-electron chi connectivity index (χ4n) is 3.84. The number of para-hydroxylation sites is 1. The minimum atomic E-state index is -1.09. The number of hydrogen-bond acceptors (Lipinski definition) is 3. The van der Waals surface area contributed by atoms with Crippen molar-refractivity contribution >= 4 is 28.6 Å². The average Bonchev–Trinajstić information content (AvgIpc) is 3.20. The summed E-state index contributed by atoms with van der Waals surface area (Å²) >= 11 is 0. The van der Waals surface area contributed by atoms with E-state index in [1.165, 1.54) is 5.56 Å². The molecule has 0 saturated heterocycles. The van der Waals surface area contributed by atoms with Crippen LogP contribution in [0.25, 0.3) is 10.9 Å². The first-order valence-corrected chi connectivity index (χ1v) is 11.2. The number of aromatic amines is 1. The van der Waals surface area contributed by atoms with Crippen LogP contribution in [0.5, 0.6) is 0 Å². The zero-order valence-electron chi connectivity index (χ0n) is 18.2. The number of H-pyrrole nitrogens is 1. The number of unbranched alkanes of at least 4 members (excludes halogenated alkanes) is 2. The predicted octanol–water partition coefficient (Wildman–Crippen LogP) is 4.43. The number of fused-ring (bicyclic) bond motifs is 1. The van der Waals surface area contributed by atoms with Crippen LogP contribution >= 0.6 is 0 Å². The van der Waals surface area contributed by atoms with E-state index in [9.17, 15) is 19.5 Å². The lowest BCUT2D eigenvalue weighted by Gasteiger charge is -2.14. The summed E-state index contributed by atoms with van der Waals surface area (Å²) in [6.45, 7) is 0. The second kappa shape index (κ2) is 11.8. The van der Waals surface area contributed by atoms with Gasteiger partial charge in [-0.25, -0.2) is 4.79 Å². The van der Waals surface area contributed by atoms with Gasteiger partial charge in [0.25, 0.3) is 0 Å². The highest BCUT2D eigenvalue weighted by atomic mass is 16.4. The van der Waals surface area contributed by atoms with Gasteiger partial charge in [-0.15, -0.1) is 0 Å². The Labute approximate surface area is 188 Å².